The van der Waals surface area contributed by atoms with Gasteiger partial charge in [-0.2, -0.15) is 5.26 Å². The highest BCUT2D eigenvalue weighted by Crippen LogP contribution is 2.31. The maximum Gasteiger partial charge on any atom is 0.271 e. The summed E-state index contributed by atoms with van der Waals surface area (Å²) < 4.78 is 0. The minimum atomic E-state index is 0.0281. The molecular formula is C28H35N5O. The number of fused-ring (bicyclic) bond motifs is 2. The van der Waals surface area contributed by atoms with Crippen LogP contribution in [0.3, 0.4) is 0 Å². The highest BCUT2D eigenvalue weighted by molar-refractivity contribution is 5.94. The molecule has 0 spiro atoms. The summed E-state index contributed by atoms with van der Waals surface area (Å²) in [6.07, 6.45) is 5.45. The quantitative estimate of drug-likeness (QED) is 0.690. The molecule has 3 aliphatic heterocycles. The molecule has 2 unspecified atom stereocenters. The molecule has 1 fully saturated rings. The lowest BCUT2D eigenvalue weighted by Crippen LogP contribution is -2.58. The number of hydrogen-bond donors (Lipinski definition) is 1. The molecule has 2 aromatic rings. The predicted octanol–water partition coefficient (Wildman–Crippen LogP) is 4.53. The van der Waals surface area contributed by atoms with Gasteiger partial charge in [0.2, 0.25) is 0 Å². The highest BCUT2D eigenvalue weighted by atomic mass is 16.2. The Morgan fingerprint density at radius 2 is 1.74 bits per heavy atom. The van der Waals surface area contributed by atoms with E-state index in [1.807, 2.05) is 43.0 Å². The smallest absolute Gasteiger partial charge is 0.271 e. The van der Waals surface area contributed by atoms with E-state index in [0.717, 1.165) is 43.6 Å². The van der Waals surface area contributed by atoms with Crippen molar-refractivity contribution in [2.24, 2.45) is 0 Å². The van der Waals surface area contributed by atoms with Crippen LogP contribution in [0.1, 0.15) is 62.3 Å². The van der Waals surface area contributed by atoms with Crippen LogP contribution in [-0.4, -0.2) is 39.5 Å². The molecule has 6 nitrogen and oxygen atoms in total. The molecule has 1 saturated heterocycles. The van der Waals surface area contributed by atoms with Gasteiger partial charge < -0.3 is 4.90 Å². The summed E-state index contributed by atoms with van der Waals surface area (Å²) in [4.78, 5) is 17.8. The summed E-state index contributed by atoms with van der Waals surface area (Å²) in [5.41, 5.74) is 8.85. The van der Waals surface area contributed by atoms with Gasteiger partial charge in [0.1, 0.15) is 5.70 Å². The molecule has 6 heteroatoms. The standard InChI is InChI=1S/C26H29N5O.C2H6/c1-2-3-8-23-18-30(15-20-11-9-19(14-27)10-12-20)26(32)24-13-25(28-31(23)24)29-16-21-6-4-5-7-22(21)17-29;1-2/h4-7,9-13,23,25,28H,2-3,8,15-18H2,1H3;1-2H3. The molecule has 5 rings (SSSR count). The van der Waals surface area contributed by atoms with E-state index in [0.29, 0.717) is 18.7 Å². The lowest BCUT2D eigenvalue weighted by atomic mass is 10.0. The van der Waals surface area contributed by atoms with Crippen LogP contribution in [0.5, 0.6) is 0 Å². The molecule has 3 aliphatic rings. The van der Waals surface area contributed by atoms with E-state index in [4.69, 9.17) is 5.26 Å². The molecule has 2 atom stereocenters. The number of unbranched alkanes of at least 4 members (excludes halogenated alkanes) is 1. The van der Waals surface area contributed by atoms with E-state index < -0.39 is 0 Å². The van der Waals surface area contributed by atoms with Crippen LogP contribution in [-0.2, 0) is 24.4 Å². The van der Waals surface area contributed by atoms with Crippen LogP contribution in [0.2, 0.25) is 0 Å². The second kappa shape index (κ2) is 10.9. The van der Waals surface area contributed by atoms with E-state index >= 15 is 0 Å². The van der Waals surface area contributed by atoms with E-state index in [-0.39, 0.29) is 18.1 Å². The average Bonchev–Trinajstić information content (AvgIpc) is 3.52. The van der Waals surface area contributed by atoms with Crippen LogP contribution in [0.25, 0.3) is 0 Å². The molecule has 0 radical (unpaired) electrons. The zero-order chi connectivity index (χ0) is 24.1. The molecule has 34 heavy (non-hydrogen) atoms. The molecular weight excluding hydrogens is 422 g/mol. The zero-order valence-corrected chi connectivity index (χ0v) is 20.5. The van der Waals surface area contributed by atoms with E-state index in [2.05, 4.69) is 58.7 Å². The number of hydrogen-bond acceptors (Lipinski definition) is 5. The summed E-state index contributed by atoms with van der Waals surface area (Å²) in [6.45, 7) is 9.28. The Kier molecular flexibility index (Phi) is 7.66. The van der Waals surface area contributed by atoms with Gasteiger partial charge >= 0.3 is 0 Å². The molecule has 178 valence electrons. The number of nitriles is 1. The van der Waals surface area contributed by atoms with Crippen LogP contribution in [0.15, 0.2) is 60.3 Å². The molecule has 3 heterocycles. The van der Waals surface area contributed by atoms with E-state index in [9.17, 15) is 4.79 Å². The fourth-order valence-electron chi connectivity index (χ4n) is 4.98. The van der Waals surface area contributed by atoms with Crippen LogP contribution >= 0.6 is 0 Å². The van der Waals surface area contributed by atoms with Gasteiger partial charge in [-0.05, 0) is 41.3 Å². The topological polar surface area (TPSA) is 62.6 Å². The van der Waals surface area contributed by atoms with Crippen molar-refractivity contribution in [1.82, 2.24) is 20.2 Å². The summed E-state index contributed by atoms with van der Waals surface area (Å²) in [6, 6.07) is 18.5. The Morgan fingerprint density at radius 1 is 1.06 bits per heavy atom. The molecule has 0 aliphatic carbocycles. The fourth-order valence-corrected chi connectivity index (χ4v) is 4.98. The second-order valence-corrected chi connectivity index (χ2v) is 8.96. The number of carbonyl (C=O) groups excluding carboxylic acids is 1. The molecule has 2 aromatic carbocycles. The summed E-state index contributed by atoms with van der Waals surface area (Å²) in [7, 11) is 0. The molecule has 0 bridgehead atoms. The number of carbonyl (C=O) groups is 1. The third kappa shape index (κ3) is 4.86. The number of benzene rings is 2. The van der Waals surface area contributed by atoms with Crippen molar-refractivity contribution in [2.45, 2.75) is 71.9 Å². The predicted molar refractivity (Wildman–Crippen MR) is 134 cm³/mol. The Morgan fingerprint density at radius 3 is 2.35 bits per heavy atom. The molecule has 0 saturated carbocycles. The van der Waals surface area contributed by atoms with Gasteiger partial charge in [0.25, 0.3) is 5.91 Å². The molecule has 1 amide bonds. The average molecular weight is 458 g/mol. The molecule has 0 aromatic heterocycles. The maximum absolute atomic E-state index is 13.4. The van der Waals surface area contributed by atoms with E-state index in [1.165, 1.54) is 11.1 Å². The maximum atomic E-state index is 13.4. The number of hydrazine groups is 1. The largest absolute Gasteiger partial charge is 0.331 e. The van der Waals surface area contributed by atoms with Gasteiger partial charge in [-0.1, -0.05) is 70.0 Å². The van der Waals surface area contributed by atoms with Crippen molar-refractivity contribution in [3.63, 3.8) is 0 Å². The third-order valence-corrected chi connectivity index (χ3v) is 6.76. The number of rotatable bonds is 6. The van der Waals surface area contributed by atoms with Gasteiger partial charge in [-0.15, -0.1) is 0 Å². The Balaban J connectivity index is 0.00000133. The first-order chi connectivity index (χ1) is 16.7. The first-order valence-electron chi connectivity index (χ1n) is 12.5. The van der Waals surface area contributed by atoms with Crippen LogP contribution in [0, 0.1) is 11.3 Å². The van der Waals surface area contributed by atoms with Crippen molar-refractivity contribution in [3.05, 3.63) is 82.6 Å². The third-order valence-electron chi connectivity index (χ3n) is 6.76. The Hall–Kier alpha value is -3.14. The summed E-state index contributed by atoms with van der Waals surface area (Å²) in [5, 5.41) is 11.2. The van der Waals surface area contributed by atoms with Gasteiger partial charge in [0.15, 0.2) is 0 Å². The molecule has 1 N–H and O–H groups in total. The highest BCUT2D eigenvalue weighted by Gasteiger charge is 2.42. The van der Waals surface area contributed by atoms with Crippen LogP contribution < -0.4 is 5.43 Å². The lowest BCUT2D eigenvalue weighted by Gasteiger charge is -2.42. The minimum Gasteiger partial charge on any atom is -0.331 e. The lowest BCUT2D eigenvalue weighted by molar-refractivity contribution is -0.135. The first kappa shape index (κ1) is 24.0. The van der Waals surface area contributed by atoms with Crippen molar-refractivity contribution < 1.29 is 4.79 Å². The SMILES string of the molecule is CC.CCCCC1CN(Cc2ccc(C#N)cc2)C(=O)C2=CC(N3Cc4ccccc4C3)NN21. The van der Waals surface area contributed by atoms with Gasteiger partial charge in [0, 0.05) is 26.2 Å². The van der Waals surface area contributed by atoms with Crippen molar-refractivity contribution in [3.8, 4) is 6.07 Å². The van der Waals surface area contributed by atoms with Crippen LogP contribution in [0.4, 0.5) is 0 Å². The Bertz CT molecular complexity index is 1050. The second-order valence-electron chi connectivity index (χ2n) is 8.96. The van der Waals surface area contributed by atoms with Gasteiger partial charge in [-0.3, -0.25) is 14.7 Å². The monoisotopic (exact) mass is 457 g/mol. The van der Waals surface area contributed by atoms with Gasteiger partial charge in [-0.25, -0.2) is 5.43 Å². The summed E-state index contributed by atoms with van der Waals surface area (Å²) in [5.74, 6) is 0.0776. The fraction of sp³-hybridized carbons (Fsp3) is 0.429. The number of nitrogens with zero attached hydrogens (tertiary/aromatic N) is 4. The number of piperazine rings is 1. The van der Waals surface area contributed by atoms with E-state index in [1.54, 1.807) is 0 Å². The first-order valence-corrected chi connectivity index (χ1v) is 12.5. The Labute approximate surface area is 203 Å². The number of nitrogens with one attached hydrogen (secondary N) is 1. The zero-order valence-electron chi connectivity index (χ0n) is 20.5. The number of amides is 1. The van der Waals surface area contributed by atoms with Crippen molar-refractivity contribution in [2.75, 3.05) is 6.54 Å². The van der Waals surface area contributed by atoms with Crippen molar-refractivity contribution >= 4 is 5.91 Å². The van der Waals surface area contributed by atoms with Crippen molar-refractivity contribution in [1.29, 1.82) is 5.26 Å². The summed E-state index contributed by atoms with van der Waals surface area (Å²) >= 11 is 0. The normalized spacial score (nSPS) is 21.4. The minimum absolute atomic E-state index is 0.0281. The van der Waals surface area contributed by atoms with Gasteiger partial charge in [0.05, 0.1) is 23.8 Å².